The minimum Gasteiger partial charge on any atom is -0.469 e. The molecule has 2 rings (SSSR count). The van der Waals surface area contributed by atoms with Crippen LogP contribution in [0.5, 0.6) is 0 Å². The molecule has 0 radical (unpaired) electrons. The first-order chi connectivity index (χ1) is 6.27. The zero-order valence-corrected chi connectivity index (χ0v) is 8.03. The second-order valence-corrected chi connectivity index (χ2v) is 4.20. The lowest BCUT2D eigenvalue weighted by Gasteiger charge is -2.26. The molecular formula is C11H16O2. The minimum absolute atomic E-state index is 0.0305. The van der Waals surface area contributed by atoms with E-state index >= 15 is 0 Å². The summed E-state index contributed by atoms with van der Waals surface area (Å²) in [5.74, 6) is 1.73. The van der Waals surface area contributed by atoms with Crippen LogP contribution in [0, 0.1) is 23.7 Å². The number of hydrogen-bond donors (Lipinski definition) is 0. The number of rotatable bonds is 2. The number of methoxy groups -OCH3 is 1. The normalized spacial score (nSPS) is 41.9. The summed E-state index contributed by atoms with van der Waals surface area (Å²) < 4.78 is 4.83. The van der Waals surface area contributed by atoms with Crippen LogP contribution < -0.4 is 0 Å². The van der Waals surface area contributed by atoms with Crippen LogP contribution in [0.1, 0.15) is 19.3 Å². The Morgan fingerprint density at radius 1 is 1.46 bits per heavy atom. The van der Waals surface area contributed by atoms with Crippen molar-refractivity contribution in [2.75, 3.05) is 7.11 Å². The van der Waals surface area contributed by atoms with Crippen LogP contribution in [0.3, 0.4) is 0 Å². The highest BCUT2D eigenvalue weighted by atomic mass is 16.5. The first-order valence-electron chi connectivity index (χ1n) is 4.98. The molecule has 0 aliphatic heterocycles. The summed E-state index contributed by atoms with van der Waals surface area (Å²) in [6.07, 6.45) is 5.63. The molecule has 0 unspecified atom stereocenters. The maximum atomic E-state index is 11.5. The van der Waals surface area contributed by atoms with Crippen LogP contribution in [-0.2, 0) is 9.53 Å². The third kappa shape index (κ3) is 1.19. The number of carbonyl (C=O) groups excluding carboxylic acids is 1. The van der Waals surface area contributed by atoms with E-state index in [1.807, 2.05) is 6.08 Å². The van der Waals surface area contributed by atoms with Gasteiger partial charge >= 0.3 is 5.97 Å². The van der Waals surface area contributed by atoms with E-state index in [4.69, 9.17) is 4.74 Å². The Balaban J connectivity index is 2.17. The Hall–Kier alpha value is -0.790. The molecule has 0 heterocycles. The average Bonchev–Trinajstić information content (AvgIpc) is 2.74. The first-order valence-corrected chi connectivity index (χ1v) is 4.98. The van der Waals surface area contributed by atoms with Gasteiger partial charge in [-0.25, -0.2) is 0 Å². The number of carbonyl (C=O) groups is 1. The van der Waals surface area contributed by atoms with Gasteiger partial charge in [0.25, 0.3) is 0 Å². The highest BCUT2D eigenvalue weighted by Gasteiger charge is 2.49. The summed E-state index contributed by atoms with van der Waals surface area (Å²) in [4.78, 5) is 11.5. The van der Waals surface area contributed by atoms with Crippen molar-refractivity contribution in [2.45, 2.75) is 19.3 Å². The fraction of sp³-hybridized carbons (Fsp3) is 0.727. The number of ether oxygens (including phenoxy) is 1. The van der Waals surface area contributed by atoms with Gasteiger partial charge in [0.2, 0.25) is 0 Å². The van der Waals surface area contributed by atoms with Gasteiger partial charge in [-0.1, -0.05) is 6.08 Å². The van der Waals surface area contributed by atoms with Gasteiger partial charge in [-0.15, -0.1) is 6.58 Å². The van der Waals surface area contributed by atoms with Crippen LogP contribution in [0.4, 0.5) is 0 Å². The van der Waals surface area contributed by atoms with Crippen LogP contribution in [0.15, 0.2) is 12.7 Å². The Morgan fingerprint density at radius 2 is 2.15 bits per heavy atom. The summed E-state index contributed by atoms with van der Waals surface area (Å²) in [5.41, 5.74) is 0. The molecule has 2 heteroatoms. The van der Waals surface area contributed by atoms with Crippen molar-refractivity contribution in [3.05, 3.63) is 12.7 Å². The molecule has 0 aromatic rings. The molecule has 72 valence electrons. The van der Waals surface area contributed by atoms with Crippen molar-refractivity contribution < 1.29 is 9.53 Å². The standard InChI is InChI=1S/C11H16O2/c1-3-9-7-4-5-8(6-7)10(9)11(12)13-2/h3,7-10H,1,4-6H2,2H3/t7-,8+,9-,10+/m0/s1. The van der Waals surface area contributed by atoms with Gasteiger partial charge in [0.05, 0.1) is 13.0 Å². The van der Waals surface area contributed by atoms with Crippen LogP contribution >= 0.6 is 0 Å². The maximum Gasteiger partial charge on any atom is 0.309 e. The smallest absolute Gasteiger partial charge is 0.309 e. The summed E-state index contributed by atoms with van der Waals surface area (Å²) in [6.45, 7) is 3.82. The maximum absolute atomic E-state index is 11.5. The van der Waals surface area contributed by atoms with Crippen molar-refractivity contribution >= 4 is 5.97 Å². The van der Waals surface area contributed by atoms with E-state index in [1.165, 1.54) is 26.4 Å². The molecule has 0 saturated heterocycles. The van der Waals surface area contributed by atoms with E-state index in [2.05, 4.69) is 6.58 Å². The van der Waals surface area contributed by atoms with Crippen LogP contribution in [0.25, 0.3) is 0 Å². The Kier molecular flexibility index (Phi) is 2.14. The van der Waals surface area contributed by atoms with E-state index in [0.717, 1.165) is 0 Å². The highest BCUT2D eigenvalue weighted by molar-refractivity contribution is 5.74. The van der Waals surface area contributed by atoms with Crippen molar-refractivity contribution in [1.29, 1.82) is 0 Å². The first kappa shape index (κ1) is 8.79. The molecule has 2 aliphatic rings. The minimum atomic E-state index is -0.0305. The van der Waals surface area contributed by atoms with E-state index in [9.17, 15) is 4.79 Å². The van der Waals surface area contributed by atoms with E-state index in [-0.39, 0.29) is 11.9 Å². The molecule has 4 atom stereocenters. The Morgan fingerprint density at radius 3 is 2.77 bits per heavy atom. The molecule has 0 spiro atoms. The van der Waals surface area contributed by atoms with E-state index < -0.39 is 0 Å². The molecule has 0 N–H and O–H groups in total. The molecule has 0 aromatic carbocycles. The summed E-state index contributed by atoms with van der Waals surface area (Å²) >= 11 is 0. The van der Waals surface area contributed by atoms with Crippen LogP contribution in [0.2, 0.25) is 0 Å². The predicted molar refractivity (Wildman–Crippen MR) is 50.0 cm³/mol. The molecule has 0 amide bonds. The third-order valence-electron chi connectivity index (χ3n) is 3.73. The average molecular weight is 180 g/mol. The second-order valence-electron chi connectivity index (χ2n) is 4.20. The monoisotopic (exact) mass is 180 g/mol. The number of esters is 1. The Labute approximate surface area is 79.0 Å². The molecule has 0 aromatic heterocycles. The summed E-state index contributed by atoms with van der Waals surface area (Å²) in [6, 6.07) is 0. The lowest BCUT2D eigenvalue weighted by atomic mass is 9.79. The lowest BCUT2D eigenvalue weighted by molar-refractivity contribution is -0.148. The molecule has 2 aliphatic carbocycles. The highest BCUT2D eigenvalue weighted by Crippen LogP contribution is 2.52. The molecule has 2 bridgehead atoms. The predicted octanol–water partition coefficient (Wildman–Crippen LogP) is 2.01. The molecule has 2 nitrogen and oxygen atoms in total. The third-order valence-corrected chi connectivity index (χ3v) is 3.73. The molecule has 13 heavy (non-hydrogen) atoms. The van der Waals surface area contributed by atoms with Crippen molar-refractivity contribution in [3.63, 3.8) is 0 Å². The fourth-order valence-corrected chi connectivity index (χ4v) is 3.16. The number of hydrogen-bond acceptors (Lipinski definition) is 2. The lowest BCUT2D eigenvalue weighted by Crippen LogP contribution is -2.29. The zero-order valence-electron chi connectivity index (χ0n) is 8.03. The fourth-order valence-electron chi connectivity index (χ4n) is 3.16. The molecule has 2 fully saturated rings. The van der Waals surface area contributed by atoms with Gasteiger partial charge in [-0.05, 0) is 37.0 Å². The topological polar surface area (TPSA) is 26.3 Å². The number of fused-ring (bicyclic) bond motifs is 2. The van der Waals surface area contributed by atoms with Gasteiger partial charge in [0.15, 0.2) is 0 Å². The van der Waals surface area contributed by atoms with Gasteiger partial charge in [-0.3, -0.25) is 4.79 Å². The van der Waals surface area contributed by atoms with Gasteiger partial charge < -0.3 is 4.74 Å². The largest absolute Gasteiger partial charge is 0.469 e. The Bertz CT molecular complexity index is 234. The van der Waals surface area contributed by atoms with Crippen molar-refractivity contribution in [3.8, 4) is 0 Å². The van der Waals surface area contributed by atoms with Gasteiger partial charge in [0.1, 0.15) is 0 Å². The number of allylic oxidation sites excluding steroid dienone is 1. The summed E-state index contributed by atoms with van der Waals surface area (Å²) in [5, 5.41) is 0. The SMILES string of the molecule is C=C[C@H]1[C@H]2CC[C@H](C2)[C@H]1C(=O)OC. The van der Waals surface area contributed by atoms with Gasteiger partial charge in [0, 0.05) is 0 Å². The van der Waals surface area contributed by atoms with E-state index in [1.54, 1.807) is 0 Å². The zero-order chi connectivity index (χ0) is 9.42. The van der Waals surface area contributed by atoms with Crippen molar-refractivity contribution in [1.82, 2.24) is 0 Å². The molecule has 2 saturated carbocycles. The molecular weight excluding hydrogens is 164 g/mol. The van der Waals surface area contributed by atoms with Gasteiger partial charge in [-0.2, -0.15) is 0 Å². The quantitative estimate of drug-likeness (QED) is 0.480. The van der Waals surface area contributed by atoms with E-state index in [0.29, 0.717) is 17.8 Å². The summed E-state index contributed by atoms with van der Waals surface area (Å²) in [7, 11) is 1.48. The second kappa shape index (κ2) is 3.17. The van der Waals surface area contributed by atoms with Crippen LogP contribution in [-0.4, -0.2) is 13.1 Å². The van der Waals surface area contributed by atoms with Crippen molar-refractivity contribution in [2.24, 2.45) is 23.7 Å².